The van der Waals surface area contributed by atoms with Gasteiger partial charge in [0.25, 0.3) is 0 Å². The van der Waals surface area contributed by atoms with E-state index in [1.165, 1.54) is 0 Å². The Labute approximate surface area is 175 Å². The zero-order valence-corrected chi connectivity index (χ0v) is 16.7. The maximum absolute atomic E-state index is 12.3. The first kappa shape index (κ1) is 20.1. The lowest BCUT2D eigenvalue weighted by Gasteiger charge is -2.35. The van der Waals surface area contributed by atoms with Gasteiger partial charge in [-0.25, -0.2) is 0 Å². The summed E-state index contributed by atoms with van der Waals surface area (Å²) in [4.78, 5) is 38.5. The molecule has 0 saturated heterocycles. The van der Waals surface area contributed by atoms with Crippen molar-refractivity contribution in [3.05, 3.63) is 59.2 Å². The molecule has 2 aromatic rings. The second kappa shape index (κ2) is 8.67. The molecule has 2 aliphatic rings. The fourth-order valence-corrected chi connectivity index (χ4v) is 4.16. The van der Waals surface area contributed by atoms with Gasteiger partial charge in [0.05, 0.1) is 11.8 Å². The SMILES string of the molecule is O=C(NCC(O)Cc1ccccc1)C(=O)Nc1cc2c3c(c1)CCC(=O)N3CCC2. The number of benzene rings is 2. The van der Waals surface area contributed by atoms with Crippen LogP contribution in [-0.4, -0.2) is 42.0 Å². The van der Waals surface area contributed by atoms with Crippen LogP contribution in [0, 0.1) is 0 Å². The standard InChI is InChI=1S/C23H25N3O4/c27-19(11-15-5-2-1-3-6-15)14-24-22(29)23(30)25-18-12-16-7-4-10-26-20(28)9-8-17(13-18)21(16)26/h1-3,5-6,12-13,19,27H,4,7-11,14H2,(H,24,29)(H,25,30). The van der Waals surface area contributed by atoms with Gasteiger partial charge in [-0.2, -0.15) is 0 Å². The summed E-state index contributed by atoms with van der Waals surface area (Å²) in [5.41, 5.74) is 4.55. The normalized spacial score (nSPS) is 15.9. The number of hydrogen-bond donors (Lipinski definition) is 3. The van der Waals surface area contributed by atoms with E-state index in [4.69, 9.17) is 0 Å². The van der Waals surface area contributed by atoms with E-state index >= 15 is 0 Å². The first-order valence-corrected chi connectivity index (χ1v) is 10.3. The Balaban J connectivity index is 1.36. The summed E-state index contributed by atoms with van der Waals surface area (Å²) in [5.74, 6) is -1.41. The number of aliphatic hydroxyl groups is 1. The molecule has 0 fully saturated rings. The number of anilines is 2. The molecule has 1 unspecified atom stereocenters. The molecule has 3 amide bonds. The van der Waals surface area contributed by atoms with E-state index in [0.29, 0.717) is 24.9 Å². The van der Waals surface area contributed by atoms with Crippen molar-refractivity contribution in [3.8, 4) is 0 Å². The third kappa shape index (κ3) is 4.36. The summed E-state index contributed by atoms with van der Waals surface area (Å²) in [7, 11) is 0. The third-order valence-electron chi connectivity index (χ3n) is 5.55. The number of aryl methyl sites for hydroxylation is 2. The Bertz CT molecular complexity index is 957. The smallest absolute Gasteiger partial charge is 0.313 e. The van der Waals surface area contributed by atoms with Gasteiger partial charge in [-0.05, 0) is 48.1 Å². The molecule has 1 atom stereocenters. The zero-order chi connectivity index (χ0) is 21.1. The summed E-state index contributed by atoms with van der Waals surface area (Å²) >= 11 is 0. The van der Waals surface area contributed by atoms with E-state index in [0.717, 1.165) is 41.8 Å². The number of nitrogens with zero attached hydrogens (tertiary/aromatic N) is 1. The van der Waals surface area contributed by atoms with Crippen molar-refractivity contribution in [3.63, 3.8) is 0 Å². The number of carbonyl (C=O) groups is 3. The summed E-state index contributed by atoms with van der Waals surface area (Å²) in [6, 6.07) is 13.2. The number of rotatable bonds is 5. The minimum atomic E-state index is -0.787. The quantitative estimate of drug-likeness (QED) is 0.655. The molecule has 4 rings (SSSR count). The van der Waals surface area contributed by atoms with Crippen LogP contribution in [0.3, 0.4) is 0 Å². The predicted octanol–water partition coefficient (Wildman–Crippen LogP) is 1.57. The highest BCUT2D eigenvalue weighted by Gasteiger charge is 2.30. The Hall–Kier alpha value is -3.19. The number of hydrogen-bond acceptors (Lipinski definition) is 4. The van der Waals surface area contributed by atoms with E-state index in [1.54, 1.807) is 0 Å². The highest BCUT2D eigenvalue weighted by molar-refractivity contribution is 6.39. The number of nitrogens with one attached hydrogen (secondary N) is 2. The largest absolute Gasteiger partial charge is 0.391 e. The van der Waals surface area contributed by atoms with Crippen LogP contribution < -0.4 is 15.5 Å². The van der Waals surface area contributed by atoms with E-state index < -0.39 is 17.9 Å². The Morgan fingerprint density at radius 1 is 1.03 bits per heavy atom. The van der Waals surface area contributed by atoms with Gasteiger partial charge < -0.3 is 20.6 Å². The summed E-state index contributed by atoms with van der Waals surface area (Å²) in [5, 5.41) is 15.2. The average molecular weight is 407 g/mol. The minimum Gasteiger partial charge on any atom is -0.391 e. The Morgan fingerprint density at radius 3 is 2.53 bits per heavy atom. The summed E-state index contributed by atoms with van der Waals surface area (Å²) < 4.78 is 0. The Morgan fingerprint density at radius 2 is 1.77 bits per heavy atom. The molecule has 0 aliphatic carbocycles. The predicted molar refractivity (Wildman–Crippen MR) is 113 cm³/mol. The van der Waals surface area contributed by atoms with Crippen molar-refractivity contribution in [2.45, 2.75) is 38.2 Å². The van der Waals surface area contributed by atoms with Crippen molar-refractivity contribution in [1.29, 1.82) is 0 Å². The van der Waals surface area contributed by atoms with E-state index in [1.807, 2.05) is 47.4 Å². The van der Waals surface area contributed by atoms with Crippen LogP contribution >= 0.6 is 0 Å². The van der Waals surface area contributed by atoms with Crippen molar-refractivity contribution in [2.24, 2.45) is 0 Å². The van der Waals surface area contributed by atoms with Gasteiger partial charge in [0.1, 0.15) is 0 Å². The van der Waals surface area contributed by atoms with Crippen LogP contribution in [0.25, 0.3) is 0 Å². The van der Waals surface area contributed by atoms with Crippen molar-refractivity contribution >= 4 is 29.1 Å². The molecule has 2 aromatic carbocycles. The highest BCUT2D eigenvalue weighted by Crippen LogP contribution is 2.37. The number of carbonyl (C=O) groups excluding carboxylic acids is 3. The molecular weight excluding hydrogens is 382 g/mol. The van der Waals surface area contributed by atoms with Crippen molar-refractivity contribution in [1.82, 2.24) is 5.32 Å². The molecule has 0 saturated carbocycles. The Kier molecular flexibility index (Phi) is 5.81. The second-order valence-electron chi connectivity index (χ2n) is 7.80. The zero-order valence-electron chi connectivity index (χ0n) is 16.7. The lowest BCUT2D eigenvalue weighted by Crippen LogP contribution is -2.40. The molecule has 0 bridgehead atoms. The maximum Gasteiger partial charge on any atom is 0.313 e. The molecule has 7 heteroatoms. The molecule has 2 heterocycles. The average Bonchev–Trinajstić information content (AvgIpc) is 2.75. The molecule has 156 valence electrons. The molecular formula is C23H25N3O4. The van der Waals surface area contributed by atoms with Crippen LogP contribution in [0.5, 0.6) is 0 Å². The van der Waals surface area contributed by atoms with Crippen molar-refractivity contribution in [2.75, 3.05) is 23.3 Å². The topological polar surface area (TPSA) is 98.7 Å². The first-order valence-electron chi connectivity index (χ1n) is 10.3. The van der Waals surface area contributed by atoms with E-state index in [2.05, 4.69) is 10.6 Å². The molecule has 0 spiro atoms. The van der Waals surface area contributed by atoms with E-state index in [9.17, 15) is 19.5 Å². The van der Waals surface area contributed by atoms with Crippen molar-refractivity contribution < 1.29 is 19.5 Å². The molecule has 2 aliphatic heterocycles. The van der Waals surface area contributed by atoms with Gasteiger partial charge in [-0.15, -0.1) is 0 Å². The molecule has 0 aromatic heterocycles. The maximum atomic E-state index is 12.3. The third-order valence-corrected chi connectivity index (χ3v) is 5.55. The fraction of sp³-hybridized carbons (Fsp3) is 0.348. The highest BCUT2D eigenvalue weighted by atomic mass is 16.3. The summed E-state index contributed by atoms with van der Waals surface area (Å²) in [6.07, 6.45) is 2.44. The van der Waals surface area contributed by atoms with Crippen LogP contribution in [-0.2, 0) is 33.6 Å². The summed E-state index contributed by atoms with van der Waals surface area (Å²) in [6.45, 7) is 0.728. The lowest BCUT2D eigenvalue weighted by atomic mass is 9.91. The molecule has 30 heavy (non-hydrogen) atoms. The lowest BCUT2D eigenvalue weighted by molar-refractivity contribution is -0.136. The second-order valence-corrected chi connectivity index (χ2v) is 7.80. The van der Waals surface area contributed by atoms with Crippen LogP contribution in [0.2, 0.25) is 0 Å². The van der Waals surface area contributed by atoms with Gasteiger partial charge in [-0.3, -0.25) is 14.4 Å². The van der Waals surface area contributed by atoms with Crippen LogP contribution in [0.4, 0.5) is 11.4 Å². The van der Waals surface area contributed by atoms with Crippen LogP contribution in [0.15, 0.2) is 42.5 Å². The van der Waals surface area contributed by atoms with Gasteiger partial charge in [0.2, 0.25) is 5.91 Å². The minimum absolute atomic E-state index is 0.00629. The molecule has 7 nitrogen and oxygen atoms in total. The van der Waals surface area contributed by atoms with Gasteiger partial charge in [-0.1, -0.05) is 30.3 Å². The fourth-order valence-electron chi connectivity index (χ4n) is 4.16. The van der Waals surface area contributed by atoms with E-state index in [-0.39, 0.29) is 12.5 Å². The van der Waals surface area contributed by atoms with Crippen LogP contribution in [0.1, 0.15) is 29.5 Å². The van der Waals surface area contributed by atoms with Gasteiger partial charge in [0, 0.05) is 31.6 Å². The van der Waals surface area contributed by atoms with Gasteiger partial charge in [0.15, 0.2) is 0 Å². The number of aliphatic hydroxyl groups excluding tert-OH is 1. The molecule has 0 radical (unpaired) electrons. The van der Waals surface area contributed by atoms with Gasteiger partial charge >= 0.3 is 11.8 Å². The number of amides is 3. The first-order chi connectivity index (χ1) is 14.5. The molecule has 3 N–H and O–H groups in total. The monoisotopic (exact) mass is 407 g/mol.